The monoisotopic (exact) mass is 497 g/mol. The molecule has 3 rings (SSSR count). The van der Waals surface area contributed by atoms with E-state index in [2.05, 4.69) is 10.2 Å². The average molecular weight is 498 g/mol. The lowest BCUT2D eigenvalue weighted by molar-refractivity contribution is 0.0799. The zero-order valence-corrected chi connectivity index (χ0v) is 20.9. The van der Waals surface area contributed by atoms with Gasteiger partial charge in [0.2, 0.25) is 0 Å². The van der Waals surface area contributed by atoms with E-state index < -0.39 is 10.0 Å². The Hall–Kier alpha value is -1.80. The molecular weight excluding hydrogens is 469 g/mol. The van der Waals surface area contributed by atoms with Crippen LogP contribution in [0.25, 0.3) is 0 Å². The van der Waals surface area contributed by atoms with Crippen LogP contribution in [0, 0.1) is 0 Å². The fourth-order valence-electron chi connectivity index (χ4n) is 4.12. The molecule has 2 aromatic carbocycles. The van der Waals surface area contributed by atoms with Crippen LogP contribution < -0.4 is 9.62 Å². The molecule has 0 bridgehead atoms. The van der Waals surface area contributed by atoms with Crippen LogP contribution in [-0.2, 0) is 10.0 Å². The summed E-state index contributed by atoms with van der Waals surface area (Å²) in [6.07, 6.45) is 5.52. The van der Waals surface area contributed by atoms with Crippen LogP contribution in [0.4, 0.5) is 5.69 Å². The third-order valence-electron chi connectivity index (χ3n) is 6.33. The molecule has 6 nitrogen and oxygen atoms in total. The number of hydrogen-bond acceptors (Lipinski definition) is 4. The number of carbonyl (C=O) groups is 1. The first kappa shape index (κ1) is 24.8. The van der Waals surface area contributed by atoms with Crippen molar-refractivity contribution >= 4 is 44.8 Å². The molecule has 0 aromatic heterocycles. The molecule has 1 N–H and O–H groups in total. The third-order valence-corrected chi connectivity index (χ3v) is 8.85. The third kappa shape index (κ3) is 5.22. The molecule has 1 aliphatic carbocycles. The molecule has 0 heterocycles. The number of nitrogens with zero attached hydrogens (tertiary/aromatic N) is 2. The van der Waals surface area contributed by atoms with E-state index in [1.54, 1.807) is 30.3 Å². The van der Waals surface area contributed by atoms with E-state index in [0.717, 1.165) is 30.0 Å². The van der Waals surface area contributed by atoms with Gasteiger partial charge in [0.15, 0.2) is 0 Å². The molecule has 0 radical (unpaired) electrons. The number of amides is 1. The van der Waals surface area contributed by atoms with Crippen molar-refractivity contribution in [2.24, 2.45) is 0 Å². The van der Waals surface area contributed by atoms with Crippen LogP contribution in [0.5, 0.6) is 0 Å². The Morgan fingerprint density at radius 2 is 1.62 bits per heavy atom. The fraction of sp³-hybridized carbons (Fsp3) is 0.435. The standard InChI is InChI=1S/C23H29Cl2N3O3S/c1-27(2)23(13-5-4-6-14-23)16-26-22(29)17-7-12-20(25)21(15-17)32(30,31)28(3)19-10-8-18(24)9-11-19/h7-12,15H,4-6,13-14,16H2,1-3H3,(H,26,29). The molecule has 2 aromatic rings. The van der Waals surface area contributed by atoms with Crippen molar-refractivity contribution in [2.45, 2.75) is 42.5 Å². The summed E-state index contributed by atoms with van der Waals surface area (Å²) in [5.41, 5.74) is 0.608. The first-order valence-electron chi connectivity index (χ1n) is 10.6. The second-order valence-electron chi connectivity index (χ2n) is 8.46. The van der Waals surface area contributed by atoms with Crippen LogP contribution in [0.3, 0.4) is 0 Å². The lowest BCUT2D eigenvalue weighted by Crippen LogP contribution is -2.53. The highest BCUT2D eigenvalue weighted by molar-refractivity contribution is 7.93. The van der Waals surface area contributed by atoms with E-state index in [1.807, 2.05) is 14.1 Å². The summed E-state index contributed by atoms with van der Waals surface area (Å²) >= 11 is 12.1. The molecule has 1 fully saturated rings. The molecular formula is C23H29Cl2N3O3S. The summed E-state index contributed by atoms with van der Waals surface area (Å²) in [6, 6.07) is 10.8. The molecule has 1 aliphatic rings. The Kier molecular flexibility index (Phi) is 7.76. The van der Waals surface area contributed by atoms with Crippen molar-refractivity contribution in [2.75, 3.05) is 32.0 Å². The van der Waals surface area contributed by atoms with Crippen molar-refractivity contribution < 1.29 is 13.2 Å². The van der Waals surface area contributed by atoms with E-state index in [-0.39, 0.29) is 26.9 Å². The van der Waals surface area contributed by atoms with Gasteiger partial charge in [0.1, 0.15) is 4.90 Å². The lowest BCUT2D eigenvalue weighted by Gasteiger charge is -2.43. The molecule has 0 saturated heterocycles. The van der Waals surface area contributed by atoms with Gasteiger partial charge >= 0.3 is 0 Å². The van der Waals surface area contributed by atoms with Crippen molar-refractivity contribution in [1.82, 2.24) is 10.2 Å². The Bertz CT molecular complexity index is 1070. The minimum Gasteiger partial charge on any atom is -0.350 e. The van der Waals surface area contributed by atoms with Crippen LogP contribution in [0.1, 0.15) is 42.5 Å². The number of halogens is 2. The molecule has 1 saturated carbocycles. The molecule has 1 amide bonds. The number of sulfonamides is 1. The summed E-state index contributed by atoms with van der Waals surface area (Å²) in [5.74, 6) is -0.320. The normalized spacial score (nSPS) is 16.1. The van der Waals surface area contributed by atoms with Crippen molar-refractivity contribution in [1.29, 1.82) is 0 Å². The molecule has 174 valence electrons. The Labute approximate surface area is 200 Å². The topological polar surface area (TPSA) is 69.7 Å². The maximum Gasteiger partial charge on any atom is 0.265 e. The van der Waals surface area contributed by atoms with Gasteiger partial charge in [0.05, 0.1) is 10.7 Å². The smallest absolute Gasteiger partial charge is 0.265 e. The maximum absolute atomic E-state index is 13.2. The predicted octanol–water partition coefficient (Wildman–Crippen LogP) is 4.81. The summed E-state index contributed by atoms with van der Waals surface area (Å²) in [4.78, 5) is 15.0. The van der Waals surface area contributed by atoms with E-state index >= 15 is 0 Å². The average Bonchev–Trinajstić information content (AvgIpc) is 2.78. The molecule has 32 heavy (non-hydrogen) atoms. The van der Waals surface area contributed by atoms with Crippen LogP contribution >= 0.6 is 23.2 Å². The zero-order valence-electron chi connectivity index (χ0n) is 18.6. The predicted molar refractivity (Wildman–Crippen MR) is 130 cm³/mol. The fourth-order valence-corrected chi connectivity index (χ4v) is 5.94. The van der Waals surface area contributed by atoms with E-state index in [1.165, 1.54) is 25.6 Å². The zero-order chi connectivity index (χ0) is 23.5. The highest BCUT2D eigenvalue weighted by atomic mass is 35.5. The first-order valence-corrected chi connectivity index (χ1v) is 12.8. The molecule has 9 heteroatoms. The van der Waals surface area contributed by atoms with Crippen molar-refractivity contribution in [3.05, 3.63) is 58.1 Å². The SMILES string of the molecule is CN(C)C1(CNC(=O)c2ccc(Cl)c(S(=O)(=O)N(C)c3ccc(Cl)cc3)c2)CCCCC1. The van der Waals surface area contributed by atoms with Gasteiger partial charge in [-0.3, -0.25) is 9.10 Å². The number of rotatable bonds is 7. The largest absolute Gasteiger partial charge is 0.350 e. The van der Waals surface area contributed by atoms with Gasteiger partial charge < -0.3 is 10.2 Å². The quantitative estimate of drug-likeness (QED) is 0.595. The number of benzene rings is 2. The minimum absolute atomic E-state index is 0.0550. The summed E-state index contributed by atoms with van der Waals surface area (Å²) in [7, 11) is 1.53. The Morgan fingerprint density at radius 1 is 1.00 bits per heavy atom. The molecule has 0 unspecified atom stereocenters. The van der Waals surface area contributed by atoms with E-state index in [4.69, 9.17) is 23.2 Å². The van der Waals surface area contributed by atoms with Gasteiger partial charge in [-0.05, 0) is 69.4 Å². The van der Waals surface area contributed by atoms with Crippen molar-refractivity contribution in [3.8, 4) is 0 Å². The molecule has 0 aliphatic heterocycles. The first-order chi connectivity index (χ1) is 15.1. The van der Waals surface area contributed by atoms with Crippen LogP contribution in [0.2, 0.25) is 10.0 Å². The van der Waals surface area contributed by atoms with Gasteiger partial charge in [-0.15, -0.1) is 0 Å². The minimum atomic E-state index is -3.98. The highest BCUT2D eigenvalue weighted by Crippen LogP contribution is 2.32. The van der Waals surface area contributed by atoms with Crippen LogP contribution in [0.15, 0.2) is 47.4 Å². The summed E-state index contributed by atoms with van der Waals surface area (Å²) in [5, 5.41) is 3.57. The Balaban J connectivity index is 1.83. The van der Waals surface area contributed by atoms with E-state index in [0.29, 0.717) is 17.3 Å². The van der Waals surface area contributed by atoms with E-state index in [9.17, 15) is 13.2 Å². The molecule has 0 atom stereocenters. The van der Waals surface area contributed by atoms with Crippen molar-refractivity contribution in [3.63, 3.8) is 0 Å². The molecule has 0 spiro atoms. The summed E-state index contributed by atoms with van der Waals surface area (Å²) in [6.45, 7) is 0.508. The van der Waals surface area contributed by atoms with Crippen LogP contribution in [-0.4, -0.2) is 52.5 Å². The summed E-state index contributed by atoms with van der Waals surface area (Å²) < 4.78 is 27.6. The van der Waals surface area contributed by atoms with Gasteiger partial charge in [0.25, 0.3) is 15.9 Å². The number of hydrogen-bond donors (Lipinski definition) is 1. The number of nitrogens with one attached hydrogen (secondary N) is 1. The second-order valence-corrected chi connectivity index (χ2v) is 11.2. The van der Waals surface area contributed by atoms with Gasteiger partial charge in [0, 0.05) is 29.7 Å². The van der Waals surface area contributed by atoms with Gasteiger partial charge in [-0.2, -0.15) is 0 Å². The Morgan fingerprint density at radius 3 is 2.22 bits per heavy atom. The highest BCUT2D eigenvalue weighted by Gasteiger charge is 2.34. The second kappa shape index (κ2) is 10.00. The van der Waals surface area contributed by atoms with Gasteiger partial charge in [-0.1, -0.05) is 42.5 Å². The number of likely N-dealkylation sites (N-methyl/N-ethyl adjacent to an activating group) is 1. The number of carbonyl (C=O) groups excluding carboxylic acids is 1. The van der Waals surface area contributed by atoms with Gasteiger partial charge in [-0.25, -0.2) is 8.42 Å². The number of anilines is 1. The lowest BCUT2D eigenvalue weighted by atomic mass is 9.80. The maximum atomic E-state index is 13.2.